The summed E-state index contributed by atoms with van der Waals surface area (Å²) in [6, 6.07) is 6.60. The molecule has 30 heavy (non-hydrogen) atoms. The normalized spacial score (nSPS) is 17.1. The zero-order chi connectivity index (χ0) is 21.3. The number of methoxy groups -OCH3 is 1. The maximum Gasteiger partial charge on any atom is 0.263 e. The standard InChI is InChI=1S/C22H24N4O3S/c1-13-7-8-17-18(9-13)30-21-19(17)22(28)26(12-23-21)14(2)20(27)25-24-11-15-5-4-6-16(10-15)29-3/h4-6,10-14H,7-9H2,1-3H3,(H,25,27)/t13-,14+/m0/s1. The van der Waals surface area contributed by atoms with Crippen LogP contribution < -0.4 is 15.7 Å². The molecule has 0 saturated carbocycles. The van der Waals surface area contributed by atoms with Crippen LogP contribution in [0.25, 0.3) is 10.2 Å². The molecule has 1 amide bonds. The number of aryl methyl sites for hydroxylation is 1. The van der Waals surface area contributed by atoms with Crippen LogP contribution in [-0.4, -0.2) is 28.8 Å². The van der Waals surface area contributed by atoms with Gasteiger partial charge in [0.15, 0.2) is 0 Å². The number of fused-ring (bicyclic) bond motifs is 3. The van der Waals surface area contributed by atoms with Crippen LogP contribution in [0.1, 0.15) is 42.3 Å². The van der Waals surface area contributed by atoms with E-state index in [4.69, 9.17) is 4.74 Å². The summed E-state index contributed by atoms with van der Waals surface area (Å²) in [5.74, 6) is 0.952. The van der Waals surface area contributed by atoms with Crippen LogP contribution in [0.15, 0.2) is 40.5 Å². The number of carbonyl (C=O) groups excluding carboxylic acids is 1. The quantitative estimate of drug-likeness (QED) is 0.503. The Hall–Kier alpha value is -3.00. The van der Waals surface area contributed by atoms with Crippen molar-refractivity contribution in [2.45, 2.75) is 39.2 Å². The van der Waals surface area contributed by atoms with Gasteiger partial charge in [-0.25, -0.2) is 10.4 Å². The minimum Gasteiger partial charge on any atom is -0.497 e. The molecule has 0 radical (unpaired) electrons. The first kappa shape index (κ1) is 20.3. The van der Waals surface area contributed by atoms with E-state index in [2.05, 4.69) is 22.4 Å². The number of hydrogen-bond donors (Lipinski definition) is 1. The van der Waals surface area contributed by atoms with Crippen LogP contribution in [0, 0.1) is 5.92 Å². The lowest BCUT2D eigenvalue weighted by Gasteiger charge is -2.18. The number of hydrazone groups is 1. The van der Waals surface area contributed by atoms with Gasteiger partial charge in [-0.1, -0.05) is 19.1 Å². The Morgan fingerprint density at radius 1 is 1.47 bits per heavy atom. The minimum absolute atomic E-state index is 0.161. The van der Waals surface area contributed by atoms with Gasteiger partial charge < -0.3 is 4.74 Å². The van der Waals surface area contributed by atoms with Gasteiger partial charge in [0.1, 0.15) is 16.6 Å². The molecular formula is C22H24N4O3S. The number of benzene rings is 1. The largest absolute Gasteiger partial charge is 0.497 e. The number of hydrogen-bond acceptors (Lipinski definition) is 6. The maximum atomic E-state index is 13.2. The van der Waals surface area contributed by atoms with Gasteiger partial charge in [0.2, 0.25) is 0 Å². The van der Waals surface area contributed by atoms with E-state index in [1.165, 1.54) is 22.0 Å². The van der Waals surface area contributed by atoms with Crippen molar-refractivity contribution < 1.29 is 9.53 Å². The Kier molecular flexibility index (Phi) is 5.67. The Bertz CT molecular complexity index is 1180. The highest BCUT2D eigenvalue weighted by Gasteiger charge is 2.25. The van der Waals surface area contributed by atoms with Crippen molar-refractivity contribution in [1.82, 2.24) is 15.0 Å². The van der Waals surface area contributed by atoms with E-state index in [9.17, 15) is 9.59 Å². The molecule has 156 valence electrons. The first-order valence-electron chi connectivity index (χ1n) is 9.96. The van der Waals surface area contributed by atoms with E-state index in [-0.39, 0.29) is 11.5 Å². The van der Waals surface area contributed by atoms with Crippen molar-refractivity contribution in [2.75, 3.05) is 7.11 Å². The fourth-order valence-electron chi connectivity index (χ4n) is 3.73. The van der Waals surface area contributed by atoms with Gasteiger partial charge in [-0.15, -0.1) is 11.3 Å². The lowest BCUT2D eigenvalue weighted by molar-refractivity contribution is -0.123. The highest BCUT2D eigenvalue weighted by Crippen LogP contribution is 2.35. The number of carbonyl (C=O) groups is 1. The van der Waals surface area contributed by atoms with Gasteiger partial charge in [-0.05, 0) is 55.4 Å². The average Bonchev–Trinajstić information content (AvgIpc) is 3.11. The summed E-state index contributed by atoms with van der Waals surface area (Å²) >= 11 is 1.60. The summed E-state index contributed by atoms with van der Waals surface area (Å²) in [5.41, 5.74) is 4.26. The summed E-state index contributed by atoms with van der Waals surface area (Å²) < 4.78 is 6.56. The first-order valence-corrected chi connectivity index (χ1v) is 10.8. The number of amides is 1. The summed E-state index contributed by atoms with van der Waals surface area (Å²) in [5, 5.41) is 4.68. The van der Waals surface area contributed by atoms with Crippen molar-refractivity contribution in [3.05, 3.63) is 57.0 Å². The number of nitrogens with one attached hydrogen (secondary N) is 1. The number of nitrogens with zero attached hydrogens (tertiary/aromatic N) is 3. The van der Waals surface area contributed by atoms with Crippen molar-refractivity contribution >= 4 is 33.7 Å². The smallest absolute Gasteiger partial charge is 0.263 e. The molecule has 0 aliphatic heterocycles. The fourth-order valence-corrected chi connectivity index (χ4v) is 5.07. The molecule has 4 rings (SSSR count). The summed E-state index contributed by atoms with van der Waals surface area (Å²) in [4.78, 5) is 32.2. The molecule has 7 nitrogen and oxygen atoms in total. The fraction of sp³-hybridized carbons (Fsp3) is 0.364. The van der Waals surface area contributed by atoms with Crippen LogP contribution in [-0.2, 0) is 17.6 Å². The van der Waals surface area contributed by atoms with E-state index in [0.717, 1.165) is 35.2 Å². The number of aromatic nitrogens is 2. The van der Waals surface area contributed by atoms with Crippen LogP contribution in [0.2, 0.25) is 0 Å². The second-order valence-electron chi connectivity index (χ2n) is 7.68. The van der Waals surface area contributed by atoms with Gasteiger partial charge in [-0.2, -0.15) is 5.10 Å². The van der Waals surface area contributed by atoms with Crippen molar-refractivity contribution in [2.24, 2.45) is 11.0 Å². The molecular weight excluding hydrogens is 400 g/mol. The molecule has 0 bridgehead atoms. The molecule has 0 spiro atoms. The molecule has 1 aromatic carbocycles. The zero-order valence-electron chi connectivity index (χ0n) is 17.2. The molecule has 0 saturated heterocycles. The topological polar surface area (TPSA) is 85.6 Å². The molecule has 1 N–H and O–H groups in total. The zero-order valence-corrected chi connectivity index (χ0v) is 18.0. The molecule has 0 fully saturated rings. The number of ether oxygens (including phenoxy) is 1. The van der Waals surface area contributed by atoms with Gasteiger partial charge in [0, 0.05) is 4.88 Å². The van der Waals surface area contributed by atoms with E-state index in [1.807, 2.05) is 24.3 Å². The second-order valence-corrected chi connectivity index (χ2v) is 8.76. The Morgan fingerprint density at radius 2 is 2.30 bits per heavy atom. The van der Waals surface area contributed by atoms with Crippen LogP contribution in [0.5, 0.6) is 5.75 Å². The van der Waals surface area contributed by atoms with Gasteiger partial charge in [0.05, 0.1) is 25.0 Å². The van der Waals surface area contributed by atoms with E-state index < -0.39 is 6.04 Å². The Morgan fingerprint density at radius 3 is 3.10 bits per heavy atom. The molecule has 2 heterocycles. The average molecular weight is 425 g/mol. The summed E-state index contributed by atoms with van der Waals surface area (Å²) in [6.07, 6.45) is 5.95. The molecule has 2 aromatic heterocycles. The minimum atomic E-state index is -0.727. The molecule has 1 aliphatic rings. The SMILES string of the molecule is COc1cccc(C=NNC(=O)[C@@H](C)n2cnc3sc4c(c3c2=O)CC[C@H](C)C4)c1. The van der Waals surface area contributed by atoms with E-state index in [1.54, 1.807) is 25.4 Å². The van der Waals surface area contributed by atoms with Gasteiger partial charge in [0.25, 0.3) is 11.5 Å². The Balaban J connectivity index is 1.54. The van der Waals surface area contributed by atoms with Crippen LogP contribution >= 0.6 is 11.3 Å². The predicted octanol–water partition coefficient (Wildman–Crippen LogP) is 3.30. The molecule has 1 aliphatic carbocycles. The van der Waals surface area contributed by atoms with E-state index >= 15 is 0 Å². The molecule has 2 atom stereocenters. The van der Waals surface area contributed by atoms with Gasteiger partial charge >= 0.3 is 0 Å². The number of rotatable bonds is 5. The summed E-state index contributed by atoms with van der Waals surface area (Å²) in [6.45, 7) is 3.91. The van der Waals surface area contributed by atoms with Crippen molar-refractivity contribution in [1.29, 1.82) is 0 Å². The maximum absolute atomic E-state index is 13.2. The van der Waals surface area contributed by atoms with Crippen molar-refractivity contribution in [3.8, 4) is 5.75 Å². The molecule has 3 aromatic rings. The molecule has 8 heteroatoms. The first-order chi connectivity index (χ1) is 14.5. The highest BCUT2D eigenvalue weighted by atomic mass is 32.1. The monoisotopic (exact) mass is 424 g/mol. The Labute approximate surface area is 178 Å². The highest BCUT2D eigenvalue weighted by molar-refractivity contribution is 7.18. The lowest BCUT2D eigenvalue weighted by atomic mass is 9.89. The predicted molar refractivity (Wildman–Crippen MR) is 119 cm³/mol. The van der Waals surface area contributed by atoms with Crippen LogP contribution in [0.3, 0.4) is 0 Å². The third-order valence-corrected chi connectivity index (χ3v) is 6.68. The van der Waals surface area contributed by atoms with Gasteiger partial charge in [-0.3, -0.25) is 14.2 Å². The summed E-state index contributed by atoms with van der Waals surface area (Å²) in [7, 11) is 1.59. The third kappa shape index (κ3) is 3.87. The van der Waals surface area contributed by atoms with E-state index in [0.29, 0.717) is 17.1 Å². The third-order valence-electron chi connectivity index (χ3n) is 5.52. The van der Waals surface area contributed by atoms with Crippen molar-refractivity contribution in [3.63, 3.8) is 0 Å². The number of thiophene rings is 1. The lowest BCUT2D eigenvalue weighted by Crippen LogP contribution is -2.34. The second kappa shape index (κ2) is 8.39. The van der Waals surface area contributed by atoms with Crippen LogP contribution in [0.4, 0.5) is 0 Å². The molecule has 0 unspecified atom stereocenters.